The molecule has 3 heterocycles. The predicted octanol–water partition coefficient (Wildman–Crippen LogP) is 2.61. The number of nitrogens with zero attached hydrogens (tertiary/aromatic N) is 4. The van der Waals surface area contributed by atoms with Gasteiger partial charge >= 0.3 is 0 Å². The molecule has 0 saturated carbocycles. The van der Waals surface area contributed by atoms with Gasteiger partial charge < -0.3 is 20.4 Å². The number of nitrogens with one attached hydrogen (secondary N) is 2. The fourth-order valence-corrected chi connectivity index (χ4v) is 3.68. The van der Waals surface area contributed by atoms with Crippen LogP contribution in [0.25, 0.3) is 0 Å². The van der Waals surface area contributed by atoms with Crippen molar-refractivity contribution < 1.29 is 4.79 Å². The van der Waals surface area contributed by atoms with Gasteiger partial charge in [-0.05, 0) is 50.2 Å². The minimum absolute atomic E-state index is 0. The first-order chi connectivity index (χ1) is 13.7. The minimum atomic E-state index is 0. The van der Waals surface area contributed by atoms with E-state index >= 15 is 0 Å². The number of likely N-dealkylation sites (tertiary alicyclic amines) is 1. The number of aliphatic imine (C=N–C) groups is 1. The van der Waals surface area contributed by atoms with Gasteiger partial charge in [-0.1, -0.05) is 13.0 Å². The Balaban J connectivity index is 0.00000300. The summed E-state index contributed by atoms with van der Waals surface area (Å²) in [7, 11) is 0. The highest BCUT2D eigenvalue weighted by Gasteiger charge is 2.18. The molecule has 1 aromatic heterocycles. The van der Waals surface area contributed by atoms with E-state index in [1.54, 1.807) is 0 Å². The Labute approximate surface area is 191 Å². The summed E-state index contributed by atoms with van der Waals surface area (Å²) in [5.74, 6) is 2.69. The third kappa shape index (κ3) is 7.31. The van der Waals surface area contributed by atoms with E-state index in [1.165, 1.54) is 12.8 Å². The molecular weight excluding hydrogens is 479 g/mol. The summed E-state index contributed by atoms with van der Waals surface area (Å²) in [6.07, 6.45) is 6.61. The van der Waals surface area contributed by atoms with Crippen molar-refractivity contribution in [2.24, 2.45) is 10.9 Å². The average molecular weight is 514 g/mol. The lowest BCUT2D eigenvalue weighted by atomic mass is 9.99. The third-order valence-electron chi connectivity index (χ3n) is 5.55. The van der Waals surface area contributed by atoms with Crippen LogP contribution in [0.15, 0.2) is 23.3 Å². The first-order valence-electron chi connectivity index (χ1n) is 10.7. The normalized spacial score (nSPS) is 17.8. The van der Waals surface area contributed by atoms with Gasteiger partial charge in [0.25, 0.3) is 0 Å². The van der Waals surface area contributed by atoms with Crippen LogP contribution >= 0.6 is 24.0 Å². The Morgan fingerprint density at radius 3 is 2.52 bits per heavy atom. The highest BCUT2D eigenvalue weighted by Crippen LogP contribution is 2.21. The second kappa shape index (κ2) is 12.2. The fraction of sp³-hybridized carbons (Fsp3) is 0.667. The van der Waals surface area contributed by atoms with E-state index in [0.29, 0.717) is 12.5 Å². The van der Waals surface area contributed by atoms with Gasteiger partial charge in [0.2, 0.25) is 5.91 Å². The highest BCUT2D eigenvalue weighted by atomic mass is 127. The molecule has 2 N–H and O–H groups in total. The Bertz CT molecular complexity index is 652. The first kappa shape index (κ1) is 23.7. The fourth-order valence-electron chi connectivity index (χ4n) is 3.68. The average Bonchev–Trinajstić information content (AvgIpc) is 3.26. The molecule has 2 saturated heterocycles. The molecule has 0 aliphatic carbocycles. The molecule has 7 nitrogen and oxygen atoms in total. The molecule has 0 radical (unpaired) electrons. The van der Waals surface area contributed by atoms with Crippen molar-refractivity contribution in [2.45, 2.75) is 46.1 Å². The number of hydrogen-bond acceptors (Lipinski definition) is 4. The number of rotatable bonds is 6. The van der Waals surface area contributed by atoms with Gasteiger partial charge in [-0.2, -0.15) is 0 Å². The van der Waals surface area contributed by atoms with Gasteiger partial charge in [0, 0.05) is 38.9 Å². The summed E-state index contributed by atoms with van der Waals surface area (Å²) >= 11 is 0. The molecule has 0 spiro atoms. The SMILES string of the molecule is CCNC(=NCc1ccc(N2CCC(C)CC2)nc1)NCC(=O)N1CCCC1.I. The summed E-state index contributed by atoms with van der Waals surface area (Å²) < 4.78 is 0. The Hall–Kier alpha value is -1.58. The van der Waals surface area contributed by atoms with E-state index in [2.05, 4.69) is 44.6 Å². The molecular formula is C21H35IN6O. The van der Waals surface area contributed by atoms with Crippen molar-refractivity contribution in [3.05, 3.63) is 23.9 Å². The topological polar surface area (TPSA) is 72.9 Å². The first-order valence-corrected chi connectivity index (χ1v) is 10.7. The number of pyridine rings is 1. The van der Waals surface area contributed by atoms with Gasteiger partial charge in [-0.3, -0.25) is 4.79 Å². The highest BCUT2D eigenvalue weighted by molar-refractivity contribution is 14.0. The standard InChI is InChI=1S/C21H34N6O.HI/c1-3-22-21(25-16-20(28)27-10-4-5-11-27)24-15-18-6-7-19(23-14-18)26-12-8-17(2)9-13-26;/h6-7,14,17H,3-5,8-13,15-16H2,1-2H3,(H2,22,24,25);1H. The van der Waals surface area contributed by atoms with E-state index < -0.39 is 0 Å². The van der Waals surface area contributed by atoms with Gasteiger partial charge in [-0.15, -0.1) is 24.0 Å². The quantitative estimate of drug-likeness (QED) is 0.347. The number of aromatic nitrogens is 1. The van der Waals surface area contributed by atoms with Gasteiger partial charge in [0.15, 0.2) is 5.96 Å². The number of carbonyl (C=O) groups is 1. The van der Waals surface area contributed by atoms with Crippen LogP contribution in [0.3, 0.4) is 0 Å². The van der Waals surface area contributed by atoms with E-state index in [-0.39, 0.29) is 36.4 Å². The second-order valence-electron chi connectivity index (χ2n) is 7.83. The molecule has 0 atom stereocenters. The summed E-state index contributed by atoms with van der Waals surface area (Å²) in [6, 6.07) is 4.20. The molecule has 0 unspecified atom stereocenters. The summed E-state index contributed by atoms with van der Waals surface area (Å²) in [6.45, 7) is 9.86. The molecule has 2 fully saturated rings. The molecule has 2 aliphatic heterocycles. The van der Waals surface area contributed by atoms with Gasteiger partial charge in [0.05, 0.1) is 13.1 Å². The third-order valence-corrected chi connectivity index (χ3v) is 5.55. The number of carbonyl (C=O) groups excluding carboxylic acids is 1. The van der Waals surface area contributed by atoms with Crippen LogP contribution in [0.4, 0.5) is 5.82 Å². The molecule has 0 aromatic carbocycles. The molecule has 1 aromatic rings. The zero-order chi connectivity index (χ0) is 19.8. The predicted molar refractivity (Wildman–Crippen MR) is 129 cm³/mol. The van der Waals surface area contributed by atoms with Crippen LogP contribution in [0.1, 0.15) is 45.1 Å². The van der Waals surface area contributed by atoms with E-state index in [0.717, 1.165) is 62.9 Å². The van der Waals surface area contributed by atoms with Crippen LogP contribution in [0.5, 0.6) is 0 Å². The van der Waals surface area contributed by atoms with Crippen molar-refractivity contribution >= 4 is 41.7 Å². The zero-order valence-electron chi connectivity index (χ0n) is 17.7. The lowest BCUT2D eigenvalue weighted by molar-refractivity contribution is -0.128. The molecule has 8 heteroatoms. The minimum Gasteiger partial charge on any atom is -0.357 e. The van der Waals surface area contributed by atoms with Crippen LogP contribution in [0.2, 0.25) is 0 Å². The monoisotopic (exact) mass is 514 g/mol. The molecule has 3 rings (SSSR count). The lowest BCUT2D eigenvalue weighted by Gasteiger charge is -2.31. The molecule has 0 bridgehead atoms. The largest absolute Gasteiger partial charge is 0.357 e. The number of anilines is 1. The van der Waals surface area contributed by atoms with Crippen molar-refractivity contribution in [1.29, 1.82) is 0 Å². The van der Waals surface area contributed by atoms with Crippen molar-refractivity contribution in [3.63, 3.8) is 0 Å². The van der Waals surface area contributed by atoms with Gasteiger partial charge in [-0.25, -0.2) is 9.98 Å². The molecule has 29 heavy (non-hydrogen) atoms. The summed E-state index contributed by atoms with van der Waals surface area (Å²) in [5, 5.41) is 6.36. The maximum absolute atomic E-state index is 12.2. The lowest BCUT2D eigenvalue weighted by Crippen LogP contribution is -2.44. The molecule has 2 aliphatic rings. The zero-order valence-corrected chi connectivity index (χ0v) is 20.0. The maximum Gasteiger partial charge on any atom is 0.241 e. The van der Waals surface area contributed by atoms with Crippen LogP contribution < -0.4 is 15.5 Å². The van der Waals surface area contributed by atoms with E-state index in [4.69, 9.17) is 0 Å². The Kier molecular flexibility index (Phi) is 9.96. The number of piperidine rings is 1. The number of amides is 1. The summed E-state index contributed by atoms with van der Waals surface area (Å²) in [4.78, 5) is 25.7. The maximum atomic E-state index is 12.2. The number of guanidine groups is 1. The van der Waals surface area contributed by atoms with Crippen LogP contribution in [-0.4, -0.2) is 61.0 Å². The Morgan fingerprint density at radius 2 is 1.90 bits per heavy atom. The van der Waals surface area contributed by atoms with Crippen molar-refractivity contribution in [3.8, 4) is 0 Å². The molecule has 1 amide bonds. The van der Waals surface area contributed by atoms with Crippen LogP contribution in [0, 0.1) is 5.92 Å². The molecule has 162 valence electrons. The smallest absolute Gasteiger partial charge is 0.241 e. The summed E-state index contributed by atoms with van der Waals surface area (Å²) in [5.41, 5.74) is 1.07. The van der Waals surface area contributed by atoms with E-state index in [9.17, 15) is 4.79 Å². The Morgan fingerprint density at radius 1 is 1.17 bits per heavy atom. The number of hydrogen-bond donors (Lipinski definition) is 2. The van der Waals surface area contributed by atoms with Crippen LogP contribution in [-0.2, 0) is 11.3 Å². The van der Waals surface area contributed by atoms with E-state index in [1.807, 2.05) is 18.0 Å². The van der Waals surface area contributed by atoms with Crippen molar-refractivity contribution in [2.75, 3.05) is 44.2 Å². The second-order valence-corrected chi connectivity index (χ2v) is 7.83. The van der Waals surface area contributed by atoms with Crippen molar-refractivity contribution in [1.82, 2.24) is 20.5 Å². The van der Waals surface area contributed by atoms with Gasteiger partial charge in [0.1, 0.15) is 5.82 Å². The number of halogens is 1.